The molecule has 0 radical (unpaired) electrons. The number of aliphatic hydroxyl groups excluding tert-OH is 1. The Labute approximate surface area is 190 Å². The topological polar surface area (TPSA) is 251 Å². The summed E-state index contributed by atoms with van der Waals surface area (Å²) in [7, 11) is 0. The number of aliphatic hydroxyl groups is 1. The lowest BCUT2D eigenvalue weighted by Crippen LogP contribution is -2.59. The van der Waals surface area contributed by atoms with Crippen LogP contribution in [-0.2, 0) is 28.8 Å². The highest BCUT2D eigenvalue weighted by Crippen LogP contribution is 2.09. The predicted molar refractivity (Wildman–Crippen MR) is 113 cm³/mol. The molecule has 0 rings (SSSR count). The second-order valence-corrected chi connectivity index (χ2v) is 7.56. The summed E-state index contributed by atoms with van der Waals surface area (Å²) in [5, 5.41) is 34.2. The molecule has 10 N–H and O–H groups in total. The van der Waals surface area contributed by atoms with Crippen LogP contribution in [0.5, 0.6) is 0 Å². The zero-order valence-corrected chi connectivity index (χ0v) is 18.6. The van der Waals surface area contributed by atoms with Gasteiger partial charge in [0, 0.05) is 12.8 Å². The number of primary amides is 1. The van der Waals surface area contributed by atoms with E-state index in [2.05, 4.69) is 16.0 Å². The smallest absolute Gasteiger partial charge is 0.326 e. The van der Waals surface area contributed by atoms with E-state index in [1.54, 1.807) is 13.8 Å². The SMILES string of the molecule is CCC(C)C(NC(=O)C(N)CCC(=O)O)C(=O)NC(CO)C(=O)NC(CCC(N)=O)C(=O)O. The van der Waals surface area contributed by atoms with Gasteiger partial charge >= 0.3 is 11.9 Å². The maximum absolute atomic E-state index is 12.7. The summed E-state index contributed by atoms with van der Waals surface area (Å²) in [5.41, 5.74) is 10.6. The van der Waals surface area contributed by atoms with Gasteiger partial charge in [0.05, 0.1) is 12.6 Å². The van der Waals surface area contributed by atoms with Crippen LogP contribution in [0.1, 0.15) is 46.0 Å². The van der Waals surface area contributed by atoms with E-state index >= 15 is 0 Å². The molecule has 0 aromatic carbocycles. The lowest BCUT2D eigenvalue weighted by atomic mass is 9.97. The van der Waals surface area contributed by atoms with Gasteiger partial charge < -0.3 is 42.7 Å². The first-order valence-corrected chi connectivity index (χ1v) is 10.3. The van der Waals surface area contributed by atoms with Gasteiger partial charge in [-0.2, -0.15) is 0 Å². The van der Waals surface area contributed by atoms with E-state index < -0.39 is 72.3 Å². The van der Waals surface area contributed by atoms with Crippen LogP contribution >= 0.6 is 0 Å². The molecule has 0 saturated heterocycles. The number of carboxylic acid groups (broad SMARTS) is 2. The van der Waals surface area contributed by atoms with Gasteiger partial charge in [0.15, 0.2) is 0 Å². The molecule has 0 aliphatic rings. The van der Waals surface area contributed by atoms with E-state index in [0.717, 1.165) is 0 Å². The van der Waals surface area contributed by atoms with E-state index in [-0.39, 0.29) is 25.7 Å². The fourth-order valence-electron chi connectivity index (χ4n) is 2.64. The van der Waals surface area contributed by atoms with Crippen LogP contribution in [0.15, 0.2) is 0 Å². The quantitative estimate of drug-likeness (QED) is 0.112. The molecule has 0 saturated carbocycles. The molecule has 188 valence electrons. The molecule has 0 aromatic heterocycles. The van der Waals surface area contributed by atoms with Gasteiger partial charge in [0.1, 0.15) is 18.1 Å². The Morgan fingerprint density at radius 3 is 1.88 bits per heavy atom. The molecule has 0 bridgehead atoms. The molecule has 0 heterocycles. The largest absolute Gasteiger partial charge is 0.481 e. The first-order chi connectivity index (χ1) is 15.3. The monoisotopic (exact) mass is 475 g/mol. The van der Waals surface area contributed by atoms with E-state index in [0.29, 0.717) is 6.42 Å². The van der Waals surface area contributed by atoms with Crippen molar-refractivity contribution >= 4 is 35.6 Å². The summed E-state index contributed by atoms with van der Waals surface area (Å²) in [5.74, 6) is -6.38. The Hall–Kier alpha value is -3.26. The van der Waals surface area contributed by atoms with Gasteiger partial charge in [0.2, 0.25) is 23.6 Å². The Morgan fingerprint density at radius 2 is 1.42 bits per heavy atom. The van der Waals surface area contributed by atoms with Crippen LogP contribution in [0, 0.1) is 5.92 Å². The first-order valence-electron chi connectivity index (χ1n) is 10.3. The number of amides is 4. The fraction of sp³-hybridized carbons (Fsp3) is 0.684. The summed E-state index contributed by atoms with van der Waals surface area (Å²) in [6.07, 6.45) is -0.658. The van der Waals surface area contributed by atoms with Crippen molar-refractivity contribution in [2.45, 2.75) is 70.1 Å². The van der Waals surface area contributed by atoms with Crippen LogP contribution in [0.4, 0.5) is 0 Å². The molecule has 33 heavy (non-hydrogen) atoms. The number of carboxylic acids is 2. The third-order valence-corrected chi connectivity index (χ3v) is 4.91. The third kappa shape index (κ3) is 11.2. The highest BCUT2D eigenvalue weighted by atomic mass is 16.4. The molecule has 14 nitrogen and oxygen atoms in total. The summed E-state index contributed by atoms with van der Waals surface area (Å²) in [6, 6.07) is -5.37. The van der Waals surface area contributed by atoms with Crippen molar-refractivity contribution in [2.24, 2.45) is 17.4 Å². The van der Waals surface area contributed by atoms with Gasteiger partial charge in [-0.3, -0.25) is 24.0 Å². The standard InChI is InChI=1S/C19H33N5O9/c1-3-9(2)15(24-16(29)10(20)4-7-14(27)28)18(31)23-12(8-25)17(30)22-11(19(32)33)5-6-13(21)26/h9-12,15,25H,3-8,20H2,1-2H3,(H2,21,26)(H,22,30)(H,23,31)(H,24,29)(H,27,28)(H,32,33). The number of hydrogen-bond acceptors (Lipinski definition) is 8. The molecule has 0 aliphatic carbocycles. The molecule has 0 fully saturated rings. The minimum atomic E-state index is -1.54. The maximum Gasteiger partial charge on any atom is 0.326 e. The number of nitrogens with one attached hydrogen (secondary N) is 3. The Kier molecular flexibility index (Phi) is 13.3. The second-order valence-electron chi connectivity index (χ2n) is 7.56. The van der Waals surface area contributed by atoms with Crippen LogP contribution in [0.25, 0.3) is 0 Å². The summed E-state index contributed by atoms with van der Waals surface area (Å²) in [4.78, 5) is 70.2. The minimum absolute atomic E-state index is 0.153. The van der Waals surface area contributed by atoms with E-state index in [1.165, 1.54) is 0 Å². The second kappa shape index (κ2) is 14.7. The predicted octanol–water partition coefficient (Wildman–Crippen LogP) is -2.98. The number of hydrogen-bond donors (Lipinski definition) is 8. The van der Waals surface area contributed by atoms with E-state index in [4.69, 9.17) is 16.6 Å². The lowest BCUT2D eigenvalue weighted by molar-refractivity contribution is -0.143. The summed E-state index contributed by atoms with van der Waals surface area (Å²) >= 11 is 0. The molecule has 5 atom stereocenters. The van der Waals surface area contributed by atoms with Crippen LogP contribution in [0.3, 0.4) is 0 Å². The van der Waals surface area contributed by atoms with E-state index in [9.17, 15) is 39.0 Å². The van der Waals surface area contributed by atoms with Crippen molar-refractivity contribution in [1.82, 2.24) is 16.0 Å². The van der Waals surface area contributed by atoms with Crippen LogP contribution in [0.2, 0.25) is 0 Å². The van der Waals surface area contributed by atoms with Gasteiger partial charge in [-0.1, -0.05) is 20.3 Å². The fourth-order valence-corrected chi connectivity index (χ4v) is 2.64. The molecule has 4 amide bonds. The first kappa shape index (κ1) is 29.7. The van der Waals surface area contributed by atoms with Gasteiger partial charge in [-0.05, 0) is 18.8 Å². The van der Waals surface area contributed by atoms with Crippen LogP contribution < -0.4 is 27.4 Å². The van der Waals surface area contributed by atoms with E-state index in [1.807, 2.05) is 0 Å². The Morgan fingerprint density at radius 1 is 0.848 bits per heavy atom. The van der Waals surface area contributed by atoms with Gasteiger partial charge in [-0.15, -0.1) is 0 Å². The van der Waals surface area contributed by atoms with Gasteiger partial charge in [-0.25, -0.2) is 4.79 Å². The Bertz CT molecular complexity index is 730. The third-order valence-electron chi connectivity index (χ3n) is 4.91. The molecule has 0 spiro atoms. The normalized spacial score (nSPS) is 15.3. The van der Waals surface area contributed by atoms with Crippen molar-refractivity contribution in [2.75, 3.05) is 6.61 Å². The van der Waals surface area contributed by atoms with Crippen molar-refractivity contribution < 1.29 is 44.1 Å². The molecular formula is C19H33N5O9. The number of nitrogens with two attached hydrogens (primary N) is 2. The van der Waals surface area contributed by atoms with Crippen molar-refractivity contribution in [1.29, 1.82) is 0 Å². The molecular weight excluding hydrogens is 442 g/mol. The molecule has 0 aromatic rings. The maximum atomic E-state index is 12.7. The summed E-state index contributed by atoms with van der Waals surface area (Å²) < 4.78 is 0. The number of carbonyl (C=O) groups excluding carboxylic acids is 4. The zero-order valence-electron chi connectivity index (χ0n) is 18.6. The minimum Gasteiger partial charge on any atom is -0.481 e. The van der Waals surface area contributed by atoms with Crippen LogP contribution in [-0.4, -0.2) is 81.7 Å². The highest BCUT2D eigenvalue weighted by molar-refractivity contribution is 5.94. The van der Waals surface area contributed by atoms with Gasteiger partial charge in [0.25, 0.3) is 0 Å². The highest BCUT2D eigenvalue weighted by Gasteiger charge is 2.32. The molecule has 5 unspecified atom stereocenters. The summed E-state index contributed by atoms with van der Waals surface area (Å²) in [6.45, 7) is 2.51. The average molecular weight is 475 g/mol. The van der Waals surface area contributed by atoms with Crippen molar-refractivity contribution in [3.63, 3.8) is 0 Å². The molecule has 14 heteroatoms. The Balaban J connectivity index is 5.27. The van der Waals surface area contributed by atoms with Crippen molar-refractivity contribution in [3.05, 3.63) is 0 Å². The number of carbonyl (C=O) groups is 6. The zero-order chi connectivity index (χ0) is 25.7. The average Bonchev–Trinajstić information content (AvgIpc) is 2.75. The molecule has 0 aliphatic heterocycles. The number of aliphatic carboxylic acids is 2. The lowest BCUT2D eigenvalue weighted by Gasteiger charge is -2.27. The number of rotatable bonds is 16. The van der Waals surface area contributed by atoms with Crippen molar-refractivity contribution in [3.8, 4) is 0 Å².